The fourth-order valence-corrected chi connectivity index (χ4v) is 2.94. The lowest BCUT2D eigenvalue weighted by Crippen LogP contribution is -2.14. The standard InChI is InChI=1S/C14H13F3N6OS/c1-7-9(3-4-10(24)20-13-18-5-6-25-13)8(2)23-12(19-7)21-11(22-23)14(15,16)17/h5-6H,3-4H2,1-2H3,(H,18,20,24). The number of aryl methyl sites for hydroxylation is 2. The molecule has 1 N–H and O–H groups in total. The van der Waals surface area contributed by atoms with Crippen LogP contribution in [0.5, 0.6) is 0 Å². The van der Waals surface area contributed by atoms with Crippen molar-refractivity contribution in [1.29, 1.82) is 0 Å². The number of nitrogens with one attached hydrogen (secondary N) is 1. The van der Waals surface area contributed by atoms with E-state index in [9.17, 15) is 18.0 Å². The molecule has 0 saturated heterocycles. The van der Waals surface area contributed by atoms with Gasteiger partial charge < -0.3 is 5.32 Å². The number of carbonyl (C=O) groups excluding carboxylic acids is 1. The number of amides is 1. The van der Waals surface area contributed by atoms with Crippen LogP contribution in [-0.2, 0) is 17.4 Å². The zero-order chi connectivity index (χ0) is 18.2. The van der Waals surface area contributed by atoms with Crippen LogP contribution in [0.4, 0.5) is 18.3 Å². The first-order valence-electron chi connectivity index (χ1n) is 7.25. The Hall–Kier alpha value is -2.56. The van der Waals surface area contributed by atoms with Crippen LogP contribution in [0, 0.1) is 13.8 Å². The zero-order valence-corrected chi connectivity index (χ0v) is 14.1. The van der Waals surface area contributed by atoms with Gasteiger partial charge in [-0.3, -0.25) is 4.79 Å². The van der Waals surface area contributed by atoms with Crippen LogP contribution in [0.1, 0.15) is 29.2 Å². The summed E-state index contributed by atoms with van der Waals surface area (Å²) in [5, 5.41) is 8.38. The van der Waals surface area contributed by atoms with Crippen molar-refractivity contribution in [1.82, 2.24) is 24.6 Å². The lowest BCUT2D eigenvalue weighted by molar-refractivity contribution is -0.144. The van der Waals surface area contributed by atoms with Gasteiger partial charge in [0.25, 0.3) is 11.6 Å². The SMILES string of the molecule is Cc1nc2nc(C(F)(F)F)nn2c(C)c1CCC(=O)Nc1nccs1. The molecule has 0 atom stereocenters. The quantitative estimate of drug-likeness (QED) is 0.763. The van der Waals surface area contributed by atoms with Crippen molar-refractivity contribution in [2.24, 2.45) is 0 Å². The molecule has 0 fully saturated rings. The van der Waals surface area contributed by atoms with E-state index >= 15 is 0 Å². The first-order chi connectivity index (χ1) is 11.8. The predicted octanol–water partition coefficient (Wildman–Crippen LogP) is 2.79. The first-order valence-corrected chi connectivity index (χ1v) is 8.13. The molecule has 3 rings (SSSR count). The number of alkyl halides is 3. The second-order valence-electron chi connectivity index (χ2n) is 5.29. The maximum absolute atomic E-state index is 12.8. The van der Waals surface area contributed by atoms with E-state index in [2.05, 4.69) is 25.4 Å². The van der Waals surface area contributed by atoms with Crippen LogP contribution in [0.25, 0.3) is 5.78 Å². The van der Waals surface area contributed by atoms with Crippen LogP contribution >= 0.6 is 11.3 Å². The molecule has 0 bridgehead atoms. The molecule has 25 heavy (non-hydrogen) atoms. The summed E-state index contributed by atoms with van der Waals surface area (Å²) in [4.78, 5) is 23.4. The Bertz CT molecular complexity index is 919. The fraction of sp³-hybridized carbons (Fsp3) is 0.357. The molecule has 132 valence electrons. The van der Waals surface area contributed by atoms with Gasteiger partial charge in [0.05, 0.1) is 0 Å². The summed E-state index contributed by atoms with van der Waals surface area (Å²) in [5.41, 5.74) is 1.67. The van der Waals surface area contributed by atoms with E-state index in [-0.39, 0.29) is 18.1 Å². The third-order valence-corrected chi connectivity index (χ3v) is 4.27. The molecule has 0 radical (unpaired) electrons. The van der Waals surface area contributed by atoms with Crippen molar-refractivity contribution in [3.05, 3.63) is 34.4 Å². The number of fused-ring (bicyclic) bond motifs is 1. The van der Waals surface area contributed by atoms with Crippen molar-refractivity contribution < 1.29 is 18.0 Å². The number of thiazole rings is 1. The molecule has 3 aromatic rings. The third-order valence-electron chi connectivity index (χ3n) is 3.58. The van der Waals surface area contributed by atoms with E-state index in [4.69, 9.17) is 0 Å². The van der Waals surface area contributed by atoms with E-state index in [0.29, 0.717) is 28.5 Å². The second-order valence-corrected chi connectivity index (χ2v) is 6.19. The number of halogens is 3. The molecule has 0 aliphatic heterocycles. The Morgan fingerprint density at radius 1 is 1.32 bits per heavy atom. The molecule has 11 heteroatoms. The fourth-order valence-electron chi connectivity index (χ4n) is 2.40. The summed E-state index contributed by atoms with van der Waals surface area (Å²) in [6.07, 6.45) is -2.59. The summed E-state index contributed by atoms with van der Waals surface area (Å²) in [5.74, 6) is -1.58. The Labute approximate surface area is 143 Å². The molecular weight excluding hydrogens is 357 g/mol. The Morgan fingerprint density at radius 2 is 2.08 bits per heavy atom. The maximum atomic E-state index is 12.8. The second kappa shape index (κ2) is 6.39. The van der Waals surface area contributed by atoms with Crippen LogP contribution < -0.4 is 5.32 Å². The molecule has 0 aromatic carbocycles. The number of aromatic nitrogens is 5. The van der Waals surface area contributed by atoms with E-state index in [0.717, 1.165) is 4.52 Å². The highest BCUT2D eigenvalue weighted by Gasteiger charge is 2.36. The van der Waals surface area contributed by atoms with Crippen LogP contribution in [0.3, 0.4) is 0 Å². The van der Waals surface area contributed by atoms with Crippen LogP contribution in [0.2, 0.25) is 0 Å². The molecule has 3 aromatic heterocycles. The summed E-state index contributed by atoms with van der Waals surface area (Å²) in [6.45, 7) is 3.30. The van der Waals surface area contributed by atoms with E-state index in [1.165, 1.54) is 11.3 Å². The number of nitrogens with zero attached hydrogens (tertiary/aromatic N) is 5. The molecule has 0 spiro atoms. The van der Waals surface area contributed by atoms with E-state index in [1.54, 1.807) is 25.4 Å². The molecule has 0 aliphatic rings. The highest BCUT2D eigenvalue weighted by molar-refractivity contribution is 7.13. The smallest absolute Gasteiger partial charge is 0.302 e. The normalized spacial score (nSPS) is 11.9. The highest BCUT2D eigenvalue weighted by atomic mass is 32.1. The molecule has 0 aliphatic carbocycles. The summed E-state index contributed by atoms with van der Waals surface area (Å²) < 4.78 is 39.4. The number of carbonyl (C=O) groups is 1. The topological polar surface area (TPSA) is 85.1 Å². The van der Waals surface area contributed by atoms with Crippen molar-refractivity contribution in [2.75, 3.05) is 5.32 Å². The highest BCUT2D eigenvalue weighted by Crippen LogP contribution is 2.27. The number of rotatable bonds is 4. The lowest BCUT2D eigenvalue weighted by Gasteiger charge is -2.10. The largest absolute Gasteiger partial charge is 0.453 e. The first kappa shape index (κ1) is 17.3. The maximum Gasteiger partial charge on any atom is 0.453 e. The van der Waals surface area contributed by atoms with Gasteiger partial charge in [0.2, 0.25) is 5.91 Å². The van der Waals surface area contributed by atoms with E-state index < -0.39 is 12.0 Å². The van der Waals surface area contributed by atoms with Crippen molar-refractivity contribution >= 4 is 28.2 Å². The summed E-state index contributed by atoms with van der Waals surface area (Å²) in [7, 11) is 0. The monoisotopic (exact) mass is 370 g/mol. The molecule has 0 saturated carbocycles. The van der Waals surface area contributed by atoms with E-state index in [1.807, 2.05) is 0 Å². The minimum Gasteiger partial charge on any atom is -0.302 e. The van der Waals surface area contributed by atoms with Gasteiger partial charge in [0.15, 0.2) is 5.13 Å². The van der Waals surface area contributed by atoms with Crippen LogP contribution in [0.15, 0.2) is 11.6 Å². The summed E-state index contributed by atoms with van der Waals surface area (Å²) >= 11 is 1.30. The van der Waals surface area contributed by atoms with Crippen LogP contribution in [-0.4, -0.2) is 30.5 Å². The average Bonchev–Trinajstić information content (AvgIpc) is 3.15. The Kier molecular flexibility index (Phi) is 4.41. The van der Waals surface area contributed by atoms with Gasteiger partial charge in [-0.1, -0.05) is 0 Å². The average molecular weight is 370 g/mol. The van der Waals surface area contributed by atoms with Crippen molar-refractivity contribution in [3.63, 3.8) is 0 Å². The minimum atomic E-state index is -4.64. The van der Waals surface area contributed by atoms with Gasteiger partial charge in [0, 0.05) is 29.4 Å². The number of hydrogen-bond acceptors (Lipinski definition) is 6. The molecule has 7 nitrogen and oxygen atoms in total. The Morgan fingerprint density at radius 3 is 2.72 bits per heavy atom. The third kappa shape index (κ3) is 3.60. The molecular formula is C14H13F3N6OS. The Balaban J connectivity index is 1.82. The number of anilines is 1. The van der Waals surface area contributed by atoms with Gasteiger partial charge in [-0.15, -0.1) is 16.4 Å². The van der Waals surface area contributed by atoms with Crippen molar-refractivity contribution in [2.45, 2.75) is 32.9 Å². The van der Waals surface area contributed by atoms with Gasteiger partial charge in [-0.2, -0.15) is 18.2 Å². The molecule has 0 unspecified atom stereocenters. The van der Waals surface area contributed by atoms with Crippen molar-refractivity contribution in [3.8, 4) is 0 Å². The number of hydrogen-bond donors (Lipinski definition) is 1. The minimum absolute atomic E-state index is 0.113. The molecule has 3 heterocycles. The van der Waals surface area contributed by atoms with Gasteiger partial charge in [-0.05, 0) is 25.8 Å². The van der Waals surface area contributed by atoms with Gasteiger partial charge in [-0.25, -0.2) is 14.5 Å². The molecule has 1 amide bonds. The van der Waals surface area contributed by atoms with Gasteiger partial charge >= 0.3 is 6.18 Å². The lowest BCUT2D eigenvalue weighted by atomic mass is 10.1. The zero-order valence-electron chi connectivity index (χ0n) is 13.3. The summed E-state index contributed by atoms with van der Waals surface area (Å²) in [6, 6.07) is 0. The van der Waals surface area contributed by atoms with Gasteiger partial charge in [0.1, 0.15) is 0 Å². The predicted molar refractivity (Wildman–Crippen MR) is 84.3 cm³/mol.